The van der Waals surface area contributed by atoms with Crippen molar-refractivity contribution in [3.05, 3.63) is 0 Å². The van der Waals surface area contributed by atoms with Crippen LogP contribution in [0.4, 0.5) is 0 Å². The van der Waals surface area contributed by atoms with Crippen LogP contribution in [-0.2, 0) is 9.98 Å². The first kappa shape index (κ1) is 16.1. The summed E-state index contributed by atoms with van der Waals surface area (Å²) in [6.07, 6.45) is 4.84. The largest absolute Gasteiger partial charge is 0.255 e. The molecule has 0 aliphatic carbocycles. The van der Waals surface area contributed by atoms with Crippen LogP contribution in [0.5, 0.6) is 0 Å². The van der Waals surface area contributed by atoms with E-state index < -0.39 is 0 Å². The highest BCUT2D eigenvalue weighted by atomic mass is 17.3. The van der Waals surface area contributed by atoms with Gasteiger partial charge in [-0.3, -0.25) is 21.0 Å². The van der Waals surface area contributed by atoms with Crippen LogP contribution in [0.3, 0.4) is 0 Å². The molecule has 8 heteroatoms. The van der Waals surface area contributed by atoms with Crippen molar-refractivity contribution >= 4 is 0 Å². The molecule has 1 aliphatic rings. The van der Waals surface area contributed by atoms with E-state index in [-0.39, 0.29) is 0 Å². The molecule has 0 radical (unpaired) electrons. The van der Waals surface area contributed by atoms with Gasteiger partial charge in [0.05, 0.1) is 0 Å². The van der Waals surface area contributed by atoms with Gasteiger partial charge in [-0.25, -0.2) is 0 Å². The molecule has 0 aromatic rings. The number of hydrogen-bond acceptors (Lipinski definition) is 8. The molecule has 88 valence electrons. The summed E-state index contributed by atoms with van der Waals surface area (Å²) in [7, 11) is 0. The Morgan fingerprint density at radius 2 is 1.00 bits per heavy atom. The molecule has 14 heavy (non-hydrogen) atoms. The zero-order valence-electron chi connectivity index (χ0n) is 7.85. The Balaban J connectivity index is 0. The highest BCUT2D eigenvalue weighted by molar-refractivity contribution is 4.45. The van der Waals surface area contributed by atoms with E-state index in [0.717, 1.165) is 25.9 Å². The van der Waals surface area contributed by atoms with Crippen LogP contribution < -0.4 is 11.0 Å². The molecule has 0 aromatic heterocycles. The molecule has 0 bridgehead atoms. The van der Waals surface area contributed by atoms with Crippen LogP contribution in [0.2, 0.25) is 0 Å². The van der Waals surface area contributed by atoms with Crippen molar-refractivity contribution in [1.82, 2.24) is 11.0 Å². The molecule has 0 spiro atoms. The summed E-state index contributed by atoms with van der Waals surface area (Å²) in [5.41, 5.74) is 5.34. The average molecular weight is 214 g/mol. The van der Waals surface area contributed by atoms with Crippen LogP contribution in [0.15, 0.2) is 0 Å². The fraction of sp³-hybridized carbons (Fsp3) is 1.00. The van der Waals surface area contributed by atoms with Gasteiger partial charge >= 0.3 is 0 Å². The highest BCUT2D eigenvalue weighted by Gasteiger charge is 1.94. The van der Waals surface area contributed by atoms with Crippen LogP contribution >= 0.6 is 0 Å². The van der Waals surface area contributed by atoms with Crippen LogP contribution in [0.1, 0.15) is 25.7 Å². The molecule has 1 rings (SSSR count). The van der Waals surface area contributed by atoms with E-state index in [2.05, 4.69) is 20.9 Å². The standard InChI is InChI=1S/C6H14N2O2.2H2O2/c1-2-4-6-8-10-9-7-5-3-1;2*1-2/h7-8H,1-6H2;2*1-2H. The van der Waals surface area contributed by atoms with Crippen molar-refractivity contribution in [2.45, 2.75) is 25.7 Å². The number of nitrogens with one attached hydrogen (secondary N) is 2. The molecule has 8 nitrogen and oxygen atoms in total. The monoisotopic (exact) mass is 214 g/mol. The molecule has 6 N–H and O–H groups in total. The molecular formula is C6H18N2O6. The topological polar surface area (TPSA) is 123 Å². The van der Waals surface area contributed by atoms with Gasteiger partial charge in [0.2, 0.25) is 0 Å². The molecule has 1 fully saturated rings. The SMILES string of the molecule is C1CCCNOONCC1.OO.OO. The van der Waals surface area contributed by atoms with E-state index in [4.69, 9.17) is 21.0 Å². The normalized spacial score (nSPS) is 18.0. The summed E-state index contributed by atoms with van der Waals surface area (Å²) in [4.78, 5) is 9.10. The van der Waals surface area contributed by atoms with Gasteiger partial charge in [0.15, 0.2) is 0 Å². The van der Waals surface area contributed by atoms with Crippen molar-refractivity contribution in [2.24, 2.45) is 0 Å². The number of rotatable bonds is 0. The maximum absolute atomic E-state index is 6.00. The van der Waals surface area contributed by atoms with Gasteiger partial charge in [-0.15, -0.1) is 9.98 Å². The Labute approximate surface area is 81.8 Å². The Kier molecular flexibility index (Phi) is 21.3. The minimum Gasteiger partial charge on any atom is -0.255 e. The van der Waals surface area contributed by atoms with Crippen molar-refractivity contribution in [3.63, 3.8) is 0 Å². The Bertz CT molecular complexity index is 53.5. The van der Waals surface area contributed by atoms with Crippen molar-refractivity contribution in [3.8, 4) is 0 Å². The summed E-state index contributed by atoms with van der Waals surface area (Å²) >= 11 is 0. The average Bonchev–Trinajstić information content (AvgIpc) is 2.32. The molecule has 0 saturated carbocycles. The van der Waals surface area contributed by atoms with E-state index >= 15 is 0 Å². The quantitative estimate of drug-likeness (QED) is 0.255. The zero-order valence-corrected chi connectivity index (χ0v) is 7.85. The fourth-order valence-corrected chi connectivity index (χ4v) is 0.890. The van der Waals surface area contributed by atoms with Gasteiger partial charge in [0, 0.05) is 13.1 Å². The van der Waals surface area contributed by atoms with Crippen molar-refractivity contribution in [1.29, 1.82) is 0 Å². The summed E-state index contributed by atoms with van der Waals surface area (Å²) in [6, 6.07) is 0. The molecule has 0 amide bonds. The molecule has 0 aromatic carbocycles. The second kappa shape index (κ2) is 18.5. The third kappa shape index (κ3) is 14.2. The van der Waals surface area contributed by atoms with Gasteiger partial charge in [-0.2, -0.15) is 11.0 Å². The van der Waals surface area contributed by atoms with Gasteiger partial charge in [-0.1, -0.05) is 12.8 Å². The number of hydroxylamine groups is 2. The first-order valence-corrected chi connectivity index (χ1v) is 4.18. The minimum absolute atomic E-state index is 0.863. The maximum atomic E-state index is 6.00. The fourth-order valence-electron chi connectivity index (χ4n) is 0.890. The Morgan fingerprint density at radius 1 is 0.643 bits per heavy atom. The molecular weight excluding hydrogens is 196 g/mol. The number of hydrogen-bond donors (Lipinski definition) is 6. The van der Waals surface area contributed by atoms with Crippen LogP contribution in [-0.4, -0.2) is 34.1 Å². The van der Waals surface area contributed by atoms with E-state index in [1.165, 1.54) is 12.8 Å². The third-order valence-electron chi connectivity index (χ3n) is 1.47. The van der Waals surface area contributed by atoms with Crippen LogP contribution in [0, 0.1) is 0 Å². The first-order chi connectivity index (χ1) is 7.00. The van der Waals surface area contributed by atoms with E-state index in [1.807, 2.05) is 0 Å². The Hall–Kier alpha value is -0.320. The third-order valence-corrected chi connectivity index (χ3v) is 1.47. The Morgan fingerprint density at radius 3 is 1.36 bits per heavy atom. The summed E-state index contributed by atoms with van der Waals surface area (Å²) < 4.78 is 0. The van der Waals surface area contributed by atoms with Gasteiger partial charge in [0.25, 0.3) is 0 Å². The second-order valence-electron chi connectivity index (χ2n) is 2.37. The van der Waals surface area contributed by atoms with E-state index in [0.29, 0.717) is 0 Å². The molecule has 0 atom stereocenters. The molecule has 1 aliphatic heterocycles. The van der Waals surface area contributed by atoms with Crippen LogP contribution in [0.25, 0.3) is 0 Å². The second-order valence-corrected chi connectivity index (χ2v) is 2.37. The van der Waals surface area contributed by atoms with Crippen molar-refractivity contribution in [2.75, 3.05) is 13.1 Å². The smallest absolute Gasteiger partial charge is 0.0240 e. The predicted octanol–water partition coefficient (Wildman–Crippen LogP) is 0.553. The summed E-state index contributed by atoms with van der Waals surface area (Å²) in [5.74, 6) is 0. The lowest BCUT2D eigenvalue weighted by atomic mass is 10.2. The predicted molar refractivity (Wildman–Crippen MR) is 47.2 cm³/mol. The molecule has 1 saturated heterocycles. The zero-order chi connectivity index (χ0) is 11.1. The maximum Gasteiger partial charge on any atom is 0.0240 e. The molecule has 1 heterocycles. The molecule has 0 unspecified atom stereocenters. The van der Waals surface area contributed by atoms with Gasteiger partial charge < -0.3 is 0 Å². The lowest BCUT2D eigenvalue weighted by Gasteiger charge is -2.08. The summed E-state index contributed by atoms with van der Waals surface area (Å²) in [6.45, 7) is 1.73. The lowest BCUT2D eigenvalue weighted by Crippen LogP contribution is -2.25. The highest BCUT2D eigenvalue weighted by Crippen LogP contribution is 1.98. The lowest BCUT2D eigenvalue weighted by molar-refractivity contribution is -0.374. The van der Waals surface area contributed by atoms with Crippen molar-refractivity contribution < 1.29 is 31.0 Å². The van der Waals surface area contributed by atoms with Gasteiger partial charge in [0.1, 0.15) is 0 Å². The first-order valence-electron chi connectivity index (χ1n) is 4.18. The van der Waals surface area contributed by atoms with Gasteiger partial charge in [-0.05, 0) is 12.8 Å². The van der Waals surface area contributed by atoms with E-state index in [1.54, 1.807) is 0 Å². The van der Waals surface area contributed by atoms with E-state index in [9.17, 15) is 0 Å². The minimum atomic E-state index is 0.863. The summed E-state index contributed by atoms with van der Waals surface area (Å²) in [5, 5.41) is 24.0.